The zero-order valence-electron chi connectivity index (χ0n) is 28.4. The molecule has 0 spiro atoms. The molecule has 0 aliphatic carbocycles. The Bertz CT molecular complexity index is 2010. The summed E-state index contributed by atoms with van der Waals surface area (Å²) in [7, 11) is 1.53. The van der Waals surface area contributed by atoms with E-state index in [0.717, 1.165) is 19.6 Å². The summed E-state index contributed by atoms with van der Waals surface area (Å²) in [5.41, 5.74) is 1.22. The molecule has 2 N–H and O–H groups in total. The van der Waals surface area contributed by atoms with E-state index in [0.29, 0.717) is 51.6 Å². The van der Waals surface area contributed by atoms with E-state index in [9.17, 15) is 20.0 Å². The predicted molar refractivity (Wildman–Crippen MR) is 185 cm³/mol. The Kier molecular flexibility index (Phi) is 9.00. The van der Waals surface area contributed by atoms with Crippen LogP contribution in [0.15, 0.2) is 59.5 Å². The topological polar surface area (TPSA) is 137 Å². The average Bonchev–Trinajstić information content (AvgIpc) is 3.05. The lowest BCUT2D eigenvalue weighted by atomic mass is 9.83. The molecule has 0 radical (unpaired) electrons. The molecular weight excluding hydrogens is 625 g/mol. The highest BCUT2D eigenvalue weighted by Crippen LogP contribution is 2.36. The maximum atomic E-state index is 15.5. The van der Waals surface area contributed by atoms with Crippen molar-refractivity contribution in [2.45, 2.75) is 58.2 Å². The molecule has 1 fully saturated rings. The minimum Gasteiger partial charge on any atom is -0.485 e. The van der Waals surface area contributed by atoms with Crippen molar-refractivity contribution in [3.8, 4) is 23.1 Å². The third-order valence-corrected chi connectivity index (χ3v) is 9.12. The van der Waals surface area contributed by atoms with Gasteiger partial charge in [0.15, 0.2) is 0 Å². The first-order chi connectivity index (χ1) is 23.3. The fourth-order valence-corrected chi connectivity index (χ4v) is 6.37. The summed E-state index contributed by atoms with van der Waals surface area (Å²) in [6, 6.07) is 15.4. The van der Waals surface area contributed by atoms with Crippen LogP contribution in [0.1, 0.15) is 61.2 Å². The lowest BCUT2D eigenvalue weighted by Crippen LogP contribution is -2.48. The number of hydrogen-bond acceptors (Lipinski definition) is 9. The Morgan fingerprint density at radius 1 is 1.08 bits per heavy atom. The Hall–Kier alpha value is -5.12. The van der Waals surface area contributed by atoms with Gasteiger partial charge in [-0.3, -0.25) is 14.5 Å². The number of carbonyl (C=O) groups excluding carboxylic acids is 1. The van der Waals surface area contributed by atoms with Gasteiger partial charge in [0.05, 0.1) is 41.2 Å². The summed E-state index contributed by atoms with van der Waals surface area (Å²) in [6.45, 7) is 10.3. The second kappa shape index (κ2) is 13.1. The number of aliphatic hydroxyl groups excluding tert-OH is 1. The second-order valence-electron chi connectivity index (χ2n) is 13.8. The van der Waals surface area contributed by atoms with E-state index in [1.807, 2.05) is 13.8 Å². The van der Waals surface area contributed by atoms with Gasteiger partial charge in [0.2, 0.25) is 0 Å². The van der Waals surface area contributed by atoms with Crippen molar-refractivity contribution in [3.05, 3.63) is 93.2 Å². The molecule has 12 heteroatoms. The largest absolute Gasteiger partial charge is 0.485 e. The lowest BCUT2D eigenvalue weighted by molar-refractivity contribution is 0.0350. The molecule has 6 rings (SSSR count). The molecule has 2 aliphatic heterocycles. The van der Waals surface area contributed by atoms with Gasteiger partial charge in [0.25, 0.3) is 11.5 Å². The third kappa shape index (κ3) is 6.77. The van der Waals surface area contributed by atoms with E-state index in [1.165, 1.54) is 29.1 Å². The number of hydrogen-bond donors (Lipinski definition) is 2. The molecule has 0 saturated carbocycles. The number of nitriles is 1. The first-order valence-corrected chi connectivity index (χ1v) is 16.3. The van der Waals surface area contributed by atoms with Gasteiger partial charge in [-0.2, -0.15) is 10.4 Å². The lowest BCUT2D eigenvalue weighted by Gasteiger charge is -2.38. The van der Waals surface area contributed by atoms with Crippen LogP contribution in [0.2, 0.25) is 0 Å². The van der Waals surface area contributed by atoms with E-state index in [1.54, 1.807) is 62.5 Å². The molecule has 4 heterocycles. The van der Waals surface area contributed by atoms with E-state index in [4.69, 9.17) is 4.74 Å². The number of aliphatic hydroxyl groups is 1. The zero-order chi connectivity index (χ0) is 35.1. The van der Waals surface area contributed by atoms with Crippen molar-refractivity contribution in [2.24, 2.45) is 7.05 Å². The number of halogens is 1. The fraction of sp³-hybridized carbons (Fsp3) is 0.378. The Morgan fingerprint density at radius 2 is 1.86 bits per heavy atom. The number of nitrogens with one attached hydrogen (secondary N) is 1. The summed E-state index contributed by atoms with van der Waals surface area (Å²) in [4.78, 5) is 35.2. The number of aromatic nitrogens is 3. The van der Waals surface area contributed by atoms with Gasteiger partial charge in [-0.15, -0.1) is 0 Å². The molecule has 0 atom stereocenters. The van der Waals surface area contributed by atoms with Crippen molar-refractivity contribution in [1.82, 2.24) is 19.7 Å². The highest BCUT2D eigenvalue weighted by molar-refractivity contribution is 6.09. The van der Waals surface area contributed by atoms with Crippen molar-refractivity contribution in [3.63, 3.8) is 0 Å². The van der Waals surface area contributed by atoms with Crippen molar-refractivity contribution >= 4 is 23.1 Å². The minimum absolute atomic E-state index is 0.0478. The third-order valence-electron chi connectivity index (χ3n) is 9.12. The monoisotopic (exact) mass is 665 g/mol. The smallest absolute Gasteiger partial charge is 0.290 e. The van der Waals surface area contributed by atoms with Gasteiger partial charge in [0, 0.05) is 31.3 Å². The van der Waals surface area contributed by atoms with Gasteiger partial charge in [-0.1, -0.05) is 18.2 Å². The number of fused-ring (bicyclic) bond motifs is 1. The average molecular weight is 666 g/mol. The standard InChI is InChI=1S/C37H40FN7O4/c1-36(2,21-39)24-16-23-12-15-45(35(48)33(23)28(38)17-24)31-9-6-8-26(27(31)20-46)29-18-30(34(47)43(5)42-29)41-32-11-10-25(19-40-32)49-37(3,4)22-44-13-7-14-44/h6,8-11,16-19,46H,7,12-15,20,22H2,1-5H3,(H,40,41). The number of anilines is 3. The Morgan fingerprint density at radius 3 is 2.51 bits per heavy atom. The van der Waals surface area contributed by atoms with Crippen molar-refractivity contribution in [1.29, 1.82) is 5.26 Å². The number of carbonyl (C=O) groups is 1. The van der Waals surface area contributed by atoms with Crippen LogP contribution in [0.4, 0.5) is 21.6 Å². The van der Waals surface area contributed by atoms with Crippen molar-refractivity contribution < 1.29 is 19.0 Å². The maximum Gasteiger partial charge on any atom is 0.290 e. The highest BCUT2D eigenvalue weighted by Gasteiger charge is 2.33. The zero-order valence-corrected chi connectivity index (χ0v) is 28.4. The normalized spacial score (nSPS) is 15.0. The van der Waals surface area contributed by atoms with Crippen LogP contribution >= 0.6 is 0 Å². The first kappa shape index (κ1) is 33.8. The van der Waals surface area contributed by atoms with E-state index >= 15 is 4.39 Å². The summed E-state index contributed by atoms with van der Waals surface area (Å²) in [5.74, 6) is -0.180. The molecule has 2 aromatic carbocycles. The minimum atomic E-state index is -0.913. The summed E-state index contributed by atoms with van der Waals surface area (Å²) >= 11 is 0. The quantitative estimate of drug-likeness (QED) is 0.238. The van der Waals surface area contributed by atoms with Gasteiger partial charge < -0.3 is 20.1 Å². The molecule has 11 nitrogen and oxygen atoms in total. The molecule has 254 valence electrons. The van der Waals surface area contributed by atoms with E-state index in [-0.39, 0.29) is 29.0 Å². The second-order valence-corrected chi connectivity index (χ2v) is 13.8. The molecule has 1 saturated heterocycles. The molecule has 2 aromatic heterocycles. The first-order valence-electron chi connectivity index (χ1n) is 16.3. The van der Waals surface area contributed by atoms with Crippen LogP contribution in [0, 0.1) is 17.1 Å². The molecule has 0 bridgehead atoms. The fourth-order valence-electron chi connectivity index (χ4n) is 6.37. The van der Waals surface area contributed by atoms with E-state index < -0.39 is 23.7 Å². The molecule has 4 aromatic rings. The van der Waals surface area contributed by atoms with Crippen LogP contribution in [-0.4, -0.2) is 62.5 Å². The van der Waals surface area contributed by atoms with Gasteiger partial charge in [-0.05, 0) is 95.1 Å². The molecular formula is C37H40FN7O4. The number of pyridine rings is 1. The Balaban J connectivity index is 1.27. The summed E-state index contributed by atoms with van der Waals surface area (Å²) in [5, 5.41) is 27.7. The number of benzene rings is 2. The van der Waals surface area contributed by atoms with Crippen LogP contribution in [0.5, 0.6) is 5.75 Å². The molecule has 2 aliphatic rings. The molecule has 49 heavy (non-hydrogen) atoms. The van der Waals surface area contributed by atoms with Gasteiger partial charge in [0.1, 0.15) is 28.7 Å². The van der Waals surface area contributed by atoms with Crippen LogP contribution in [0.25, 0.3) is 11.3 Å². The number of amides is 1. The number of rotatable bonds is 10. The van der Waals surface area contributed by atoms with Crippen LogP contribution in [-0.2, 0) is 25.5 Å². The van der Waals surface area contributed by atoms with Crippen LogP contribution in [0.3, 0.4) is 0 Å². The molecule has 1 amide bonds. The van der Waals surface area contributed by atoms with E-state index in [2.05, 4.69) is 26.4 Å². The number of likely N-dealkylation sites (tertiary alicyclic amines) is 1. The number of ether oxygens (including phenoxy) is 1. The van der Waals surface area contributed by atoms with Crippen LogP contribution < -0.4 is 20.5 Å². The Labute approximate surface area is 284 Å². The number of aryl methyl sites for hydroxylation is 1. The van der Waals surface area contributed by atoms with Crippen molar-refractivity contribution in [2.75, 3.05) is 36.4 Å². The maximum absolute atomic E-state index is 15.5. The van der Waals surface area contributed by atoms with Gasteiger partial charge in [-0.25, -0.2) is 14.1 Å². The van der Waals surface area contributed by atoms with Gasteiger partial charge >= 0.3 is 0 Å². The number of nitrogens with zero attached hydrogens (tertiary/aromatic N) is 6. The molecule has 0 unspecified atom stereocenters. The summed E-state index contributed by atoms with van der Waals surface area (Å²) < 4.78 is 22.8. The highest BCUT2D eigenvalue weighted by atomic mass is 19.1. The summed E-state index contributed by atoms with van der Waals surface area (Å²) in [6.07, 6.45) is 3.18. The SMILES string of the molecule is Cn1nc(-c2cccc(N3CCc4cc(C(C)(C)C#N)cc(F)c4C3=O)c2CO)cc(Nc2ccc(OC(C)(C)CN3CCC3)cn2)c1=O. The predicted octanol–water partition coefficient (Wildman–Crippen LogP) is 5.08.